The highest BCUT2D eigenvalue weighted by atomic mass is 127. The van der Waals surface area contributed by atoms with Crippen molar-refractivity contribution in [1.29, 1.82) is 0 Å². The maximum absolute atomic E-state index is 12.4. The minimum atomic E-state index is -0.760. The van der Waals surface area contributed by atoms with E-state index < -0.39 is 27.2 Å². The largest absolute Gasteiger partial charge is 0.493 e. The van der Waals surface area contributed by atoms with Crippen molar-refractivity contribution in [2.24, 2.45) is 0 Å². The Morgan fingerprint density at radius 1 is 0.972 bits per heavy atom. The van der Waals surface area contributed by atoms with Crippen molar-refractivity contribution in [3.63, 3.8) is 0 Å². The molecule has 182 valence electrons. The number of benzene rings is 3. The molecule has 1 aliphatic heterocycles. The molecule has 0 bridgehead atoms. The van der Waals surface area contributed by atoms with Crippen LogP contribution in [-0.2, 0) is 9.53 Å². The van der Waals surface area contributed by atoms with Gasteiger partial charge in [-0.05, 0) is 65.4 Å². The van der Waals surface area contributed by atoms with E-state index in [4.69, 9.17) is 14.2 Å². The Hall–Kier alpha value is -4.26. The zero-order valence-corrected chi connectivity index (χ0v) is 21.0. The van der Waals surface area contributed by atoms with Crippen LogP contribution in [0.3, 0.4) is 0 Å². The number of rotatable bonds is 7. The number of nitrogens with zero attached hydrogens (tertiary/aromatic N) is 2. The fraction of sp³-hybridized carbons (Fsp3) is 0.0800. The van der Waals surface area contributed by atoms with E-state index in [1.807, 2.05) is 53.8 Å². The second kappa shape index (κ2) is 10.2. The summed E-state index contributed by atoms with van der Waals surface area (Å²) in [6.45, 7) is 1.96. The third-order valence-electron chi connectivity index (χ3n) is 5.20. The lowest BCUT2D eigenvalue weighted by atomic mass is 10.1. The van der Waals surface area contributed by atoms with Crippen molar-refractivity contribution >= 4 is 51.8 Å². The number of esters is 1. The predicted molar refractivity (Wildman–Crippen MR) is 139 cm³/mol. The molecule has 0 saturated heterocycles. The number of non-ortho nitro benzene ring substituents is 1. The van der Waals surface area contributed by atoms with Crippen LogP contribution in [0.4, 0.5) is 11.4 Å². The molecule has 0 fully saturated rings. The van der Waals surface area contributed by atoms with Gasteiger partial charge in [-0.2, -0.15) is 0 Å². The normalized spacial score (nSPS) is 13.8. The van der Waals surface area contributed by atoms with Gasteiger partial charge in [-0.15, -0.1) is 0 Å². The van der Waals surface area contributed by atoms with E-state index in [1.165, 1.54) is 7.11 Å². The molecule has 3 aromatic rings. The van der Waals surface area contributed by atoms with Crippen molar-refractivity contribution < 1.29 is 28.9 Å². The minimum Gasteiger partial charge on any atom is -0.493 e. The maximum Gasteiger partial charge on any atom is 0.343 e. The zero-order chi connectivity index (χ0) is 26.0. The van der Waals surface area contributed by atoms with Crippen LogP contribution in [0.15, 0.2) is 66.2 Å². The van der Waals surface area contributed by atoms with Gasteiger partial charge in [0.05, 0.1) is 32.2 Å². The summed E-state index contributed by atoms with van der Waals surface area (Å²) in [5, 5.41) is 22.5. The van der Waals surface area contributed by atoms with Crippen molar-refractivity contribution in [2.45, 2.75) is 6.92 Å². The summed E-state index contributed by atoms with van der Waals surface area (Å²) in [4.78, 5) is 33.4. The quantitative estimate of drug-likeness (QED) is 0.103. The van der Waals surface area contributed by atoms with Crippen molar-refractivity contribution in [3.8, 4) is 17.2 Å². The first-order valence-corrected chi connectivity index (χ1v) is 11.4. The van der Waals surface area contributed by atoms with Crippen molar-refractivity contribution in [2.75, 3.05) is 7.11 Å². The average molecular weight is 600 g/mol. The standard InChI is InChI=1S/C25H17IN2O8/c1-14-3-5-16(6-4-14)22-12-17(25(29)36-22)9-15-10-19(26)24(23(11-15)34-2)35-21-8-7-18(27(30)31)13-20(21)28(32)33/h3-13H,1-2H3/b17-9+. The van der Waals surface area contributed by atoms with E-state index in [0.29, 0.717) is 20.5 Å². The molecular weight excluding hydrogens is 583 g/mol. The average Bonchev–Trinajstić information content (AvgIpc) is 3.20. The van der Waals surface area contributed by atoms with Gasteiger partial charge in [0.15, 0.2) is 11.5 Å². The summed E-state index contributed by atoms with van der Waals surface area (Å²) in [5.41, 5.74) is 1.81. The van der Waals surface area contributed by atoms with Crippen LogP contribution in [0.2, 0.25) is 0 Å². The Morgan fingerprint density at radius 2 is 1.69 bits per heavy atom. The first-order valence-electron chi connectivity index (χ1n) is 10.4. The molecule has 36 heavy (non-hydrogen) atoms. The summed E-state index contributed by atoms with van der Waals surface area (Å²) in [6, 6.07) is 14.0. The number of halogens is 1. The third kappa shape index (κ3) is 5.20. The van der Waals surface area contributed by atoms with E-state index in [-0.39, 0.29) is 17.2 Å². The van der Waals surface area contributed by atoms with E-state index >= 15 is 0 Å². The van der Waals surface area contributed by atoms with Crippen LogP contribution in [0.5, 0.6) is 17.2 Å². The van der Waals surface area contributed by atoms with Crippen LogP contribution < -0.4 is 9.47 Å². The first-order chi connectivity index (χ1) is 17.2. The van der Waals surface area contributed by atoms with Gasteiger partial charge >= 0.3 is 11.7 Å². The number of carbonyl (C=O) groups is 1. The molecule has 0 radical (unpaired) electrons. The fourth-order valence-corrected chi connectivity index (χ4v) is 4.14. The van der Waals surface area contributed by atoms with E-state index in [1.54, 1.807) is 24.3 Å². The van der Waals surface area contributed by atoms with E-state index in [2.05, 4.69) is 0 Å². The molecule has 0 amide bonds. The highest BCUT2D eigenvalue weighted by molar-refractivity contribution is 14.1. The number of methoxy groups -OCH3 is 1. The summed E-state index contributed by atoms with van der Waals surface area (Å²) in [7, 11) is 1.40. The number of hydrogen-bond donors (Lipinski definition) is 0. The lowest BCUT2D eigenvalue weighted by Crippen LogP contribution is -1.99. The van der Waals surface area contributed by atoms with Gasteiger partial charge in [-0.3, -0.25) is 20.2 Å². The molecule has 3 aromatic carbocycles. The number of nitro groups is 2. The molecule has 1 heterocycles. The molecule has 11 heteroatoms. The second-order valence-electron chi connectivity index (χ2n) is 7.67. The molecule has 0 spiro atoms. The Balaban J connectivity index is 1.68. The lowest BCUT2D eigenvalue weighted by Gasteiger charge is -2.13. The molecule has 0 aliphatic carbocycles. The van der Waals surface area contributed by atoms with Gasteiger partial charge in [0.25, 0.3) is 5.69 Å². The molecule has 1 aliphatic rings. The Labute approximate surface area is 218 Å². The SMILES string of the molecule is COc1cc(/C=C2\C=C(c3ccc(C)cc3)OC2=O)cc(I)c1Oc1ccc([N+](=O)[O-])cc1[N+](=O)[O-]. The molecule has 4 rings (SSSR count). The number of carbonyl (C=O) groups excluding carboxylic acids is 1. The van der Waals surface area contributed by atoms with Crippen molar-refractivity contribution in [3.05, 3.63) is 107 Å². The second-order valence-corrected chi connectivity index (χ2v) is 8.83. The number of aryl methyl sites for hydroxylation is 1. The van der Waals surface area contributed by atoms with Crippen LogP contribution in [0.25, 0.3) is 11.8 Å². The monoisotopic (exact) mass is 600 g/mol. The highest BCUT2D eigenvalue weighted by Crippen LogP contribution is 2.41. The molecule has 0 atom stereocenters. The molecule has 0 N–H and O–H groups in total. The molecule has 0 saturated carbocycles. The highest BCUT2D eigenvalue weighted by Gasteiger charge is 2.25. The first kappa shape index (κ1) is 24.9. The molecule has 0 unspecified atom stereocenters. The minimum absolute atomic E-state index is 0.182. The number of nitro benzene ring substituents is 2. The van der Waals surface area contributed by atoms with Gasteiger partial charge < -0.3 is 14.2 Å². The van der Waals surface area contributed by atoms with Gasteiger partial charge in [-0.25, -0.2) is 4.79 Å². The summed E-state index contributed by atoms with van der Waals surface area (Å²) < 4.78 is 17.1. The number of hydrogen-bond acceptors (Lipinski definition) is 8. The smallest absolute Gasteiger partial charge is 0.343 e. The van der Waals surface area contributed by atoms with Gasteiger partial charge in [-0.1, -0.05) is 29.8 Å². The van der Waals surface area contributed by atoms with Crippen LogP contribution in [-0.4, -0.2) is 22.9 Å². The lowest BCUT2D eigenvalue weighted by molar-refractivity contribution is -0.394. The maximum atomic E-state index is 12.4. The molecular formula is C25H17IN2O8. The summed E-state index contributed by atoms with van der Waals surface area (Å²) >= 11 is 1.97. The van der Waals surface area contributed by atoms with Gasteiger partial charge in [0.1, 0.15) is 5.76 Å². The van der Waals surface area contributed by atoms with Crippen molar-refractivity contribution in [1.82, 2.24) is 0 Å². The summed E-state index contributed by atoms with van der Waals surface area (Å²) in [6.07, 6.45) is 3.28. The van der Waals surface area contributed by atoms with Crippen LogP contribution in [0, 0.1) is 30.7 Å². The molecule has 10 nitrogen and oxygen atoms in total. The third-order valence-corrected chi connectivity index (χ3v) is 6.00. The van der Waals surface area contributed by atoms with Gasteiger partial charge in [0, 0.05) is 11.6 Å². The number of cyclic esters (lactones) is 1. The fourth-order valence-electron chi connectivity index (χ4n) is 3.41. The molecule has 0 aromatic heterocycles. The van der Waals surface area contributed by atoms with E-state index in [0.717, 1.165) is 29.3 Å². The zero-order valence-electron chi connectivity index (χ0n) is 18.9. The van der Waals surface area contributed by atoms with Gasteiger partial charge in [0.2, 0.25) is 5.75 Å². The van der Waals surface area contributed by atoms with Crippen LogP contribution >= 0.6 is 22.6 Å². The summed E-state index contributed by atoms with van der Waals surface area (Å²) in [5.74, 6) is 0.190. The number of ether oxygens (including phenoxy) is 3. The Kier molecular flexibility index (Phi) is 7.01. The Bertz CT molecular complexity index is 1460. The predicted octanol–water partition coefficient (Wildman–Crippen LogP) is 6.20. The topological polar surface area (TPSA) is 131 Å². The van der Waals surface area contributed by atoms with Crippen LogP contribution in [0.1, 0.15) is 16.7 Å². The van der Waals surface area contributed by atoms with E-state index in [9.17, 15) is 25.0 Å². The Morgan fingerprint density at radius 3 is 2.33 bits per heavy atom.